The first-order valence-corrected chi connectivity index (χ1v) is 5.99. The smallest absolute Gasteiger partial charge is 0.425 e. The molecule has 0 N–H and O–H groups in total. The molecule has 0 unspecified atom stereocenters. The van der Waals surface area contributed by atoms with Gasteiger partial charge >= 0.3 is 16.4 Å². The summed E-state index contributed by atoms with van der Waals surface area (Å²) in [4.78, 5) is 11.5. The molecule has 0 atom stereocenters. The Morgan fingerprint density at radius 2 is 2.00 bits per heavy atom. The number of ether oxygens (including phenoxy) is 1. The van der Waals surface area contributed by atoms with Gasteiger partial charge in [-0.2, -0.15) is 12.7 Å². The van der Waals surface area contributed by atoms with E-state index in [1.54, 1.807) is 20.8 Å². The van der Waals surface area contributed by atoms with Crippen molar-refractivity contribution in [1.82, 2.24) is 4.31 Å². The average Bonchev–Trinajstić information content (AvgIpc) is 1.99. The zero-order valence-corrected chi connectivity index (χ0v) is 9.83. The number of hydrogen-bond donors (Lipinski definition) is 0. The average molecular weight is 237 g/mol. The highest BCUT2D eigenvalue weighted by atomic mass is 32.2. The first kappa shape index (κ1) is 12.3. The highest BCUT2D eigenvalue weighted by Gasteiger charge is 2.34. The standard InChI is InChI=1S/C8H15NO5S/c1-8(2,3)14-7(10)9-5-4-6-13-15(9,11)12/h4-6H2,1-3H3. The van der Waals surface area contributed by atoms with Gasteiger partial charge < -0.3 is 4.74 Å². The monoisotopic (exact) mass is 237 g/mol. The summed E-state index contributed by atoms with van der Waals surface area (Å²) in [5.41, 5.74) is -0.718. The molecule has 0 radical (unpaired) electrons. The molecule has 0 aromatic rings. The summed E-state index contributed by atoms with van der Waals surface area (Å²) in [6.07, 6.45) is -0.402. The van der Waals surface area contributed by atoms with Gasteiger partial charge in [-0.25, -0.2) is 4.79 Å². The van der Waals surface area contributed by atoms with Crippen LogP contribution in [0.1, 0.15) is 27.2 Å². The maximum absolute atomic E-state index is 11.5. The third kappa shape index (κ3) is 3.35. The lowest BCUT2D eigenvalue weighted by atomic mass is 10.2. The van der Waals surface area contributed by atoms with Crippen LogP contribution >= 0.6 is 0 Å². The molecule has 6 nitrogen and oxygen atoms in total. The molecule has 0 aromatic carbocycles. The second kappa shape index (κ2) is 3.97. The lowest BCUT2D eigenvalue weighted by molar-refractivity contribution is 0.0339. The Bertz CT molecular complexity index is 343. The predicted octanol–water partition coefficient (Wildman–Crippen LogP) is 0.889. The molecule has 1 amide bonds. The van der Waals surface area contributed by atoms with Crippen molar-refractivity contribution in [1.29, 1.82) is 0 Å². The quantitative estimate of drug-likeness (QED) is 0.625. The molecule has 1 aliphatic rings. The van der Waals surface area contributed by atoms with Crippen LogP contribution in [0.3, 0.4) is 0 Å². The zero-order chi connectivity index (χ0) is 11.7. The Morgan fingerprint density at radius 1 is 1.40 bits per heavy atom. The molecule has 88 valence electrons. The Hall–Kier alpha value is -0.820. The van der Waals surface area contributed by atoms with Gasteiger partial charge in [-0.1, -0.05) is 0 Å². The second-order valence-electron chi connectivity index (χ2n) is 4.19. The molecule has 1 fully saturated rings. The lowest BCUT2D eigenvalue weighted by Gasteiger charge is -2.28. The summed E-state index contributed by atoms with van der Waals surface area (Å²) in [6, 6.07) is 0. The molecule has 0 aliphatic carbocycles. The summed E-state index contributed by atoms with van der Waals surface area (Å²) >= 11 is 0. The van der Waals surface area contributed by atoms with Crippen molar-refractivity contribution in [3.8, 4) is 0 Å². The largest absolute Gasteiger partial charge is 0.443 e. The van der Waals surface area contributed by atoms with Crippen molar-refractivity contribution in [2.24, 2.45) is 0 Å². The fourth-order valence-electron chi connectivity index (χ4n) is 1.04. The topological polar surface area (TPSA) is 72.9 Å². The van der Waals surface area contributed by atoms with E-state index in [1.807, 2.05) is 0 Å². The van der Waals surface area contributed by atoms with Gasteiger partial charge in [0.25, 0.3) is 0 Å². The fraction of sp³-hybridized carbons (Fsp3) is 0.875. The number of amides is 1. The summed E-state index contributed by atoms with van der Waals surface area (Å²) < 4.78 is 32.7. The van der Waals surface area contributed by atoms with Crippen LogP contribution in [0, 0.1) is 0 Å². The zero-order valence-electron chi connectivity index (χ0n) is 9.02. The lowest BCUT2D eigenvalue weighted by Crippen LogP contribution is -2.45. The maximum Gasteiger partial charge on any atom is 0.425 e. The molecule has 1 heterocycles. The molecule has 0 saturated carbocycles. The van der Waals surface area contributed by atoms with Crippen LogP contribution in [-0.4, -0.2) is 37.6 Å². The van der Waals surface area contributed by atoms with Crippen molar-refractivity contribution in [3.63, 3.8) is 0 Å². The minimum absolute atomic E-state index is 0.108. The van der Waals surface area contributed by atoms with Crippen LogP contribution in [0.25, 0.3) is 0 Å². The molecule has 1 rings (SSSR count). The van der Waals surface area contributed by atoms with E-state index in [9.17, 15) is 13.2 Å². The van der Waals surface area contributed by atoms with Gasteiger partial charge in [0.1, 0.15) is 5.60 Å². The summed E-state index contributed by atoms with van der Waals surface area (Å²) in [5.74, 6) is 0. The van der Waals surface area contributed by atoms with Crippen LogP contribution in [0.4, 0.5) is 4.79 Å². The van der Waals surface area contributed by atoms with Gasteiger partial charge in [-0.05, 0) is 27.2 Å². The highest BCUT2D eigenvalue weighted by molar-refractivity contribution is 7.84. The number of rotatable bonds is 0. The third-order valence-corrected chi connectivity index (χ3v) is 2.94. The number of nitrogens with zero attached hydrogens (tertiary/aromatic N) is 1. The second-order valence-corrected chi connectivity index (χ2v) is 5.72. The first-order chi connectivity index (χ1) is 6.72. The van der Waals surface area contributed by atoms with Crippen LogP contribution in [0.5, 0.6) is 0 Å². The SMILES string of the molecule is CC(C)(C)OC(=O)N1CCCOS1(=O)=O. The molecule has 0 aromatic heterocycles. The van der Waals surface area contributed by atoms with Crippen molar-refractivity contribution in [2.75, 3.05) is 13.2 Å². The van der Waals surface area contributed by atoms with Crippen molar-refractivity contribution in [3.05, 3.63) is 0 Å². The Morgan fingerprint density at radius 3 is 2.47 bits per heavy atom. The molecule has 0 bridgehead atoms. The van der Waals surface area contributed by atoms with Crippen molar-refractivity contribution < 1.29 is 22.1 Å². The van der Waals surface area contributed by atoms with E-state index < -0.39 is 22.0 Å². The van der Waals surface area contributed by atoms with E-state index in [-0.39, 0.29) is 13.2 Å². The summed E-state index contributed by atoms with van der Waals surface area (Å²) in [7, 11) is -3.94. The van der Waals surface area contributed by atoms with Crippen molar-refractivity contribution >= 4 is 16.4 Å². The van der Waals surface area contributed by atoms with Crippen molar-refractivity contribution in [2.45, 2.75) is 32.8 Å². The molecule has 1 aliphatic heterocycles. The van der Waals surface area contributed by atoms with E-state index in [4.69, 9.17) is 4.74 Å². The minimum Gasteiger partial charge on any atom is -0.443 e. The number of carbonyl (C=O) groups is 1. The van der Waals surface area contributed by atoms with Gasteiger partial charge in [0.15, 0.2) is 0 Å². The van der Waals surface area contributed by atoms with Crippen LogP contribution < -0.4 is 0 Å². The Labute approximate surface area is 89.4 Å². The van der Waals surface area contributed by atoms with Crippen LogP contribution in [0.15, 0.2) is 0 Å². The summed E-state index contributed by atoms with van der Waals surface area (Å²) in [6.45, 7) is 5.23. The van der Waals surface area contributed by atoms with Crippen LogP contribution in [0.2, 0.25) is 0 Å². The molecule has 0 spiro atoms. The normalized spacial score (nSPS) is 21.1. The minimum atomic E-state index is -3.94. The Balaban J connectivity index is 2.74. The number of carbonyl (C=O) groups excluding carboxylic acids is 1. The van der Waals surface area contributed by atoms with Gasteiger partial charge in [0.2, 0.25) is 0 Å². The van der Waals surface area contributed by atoms with Gasteiger partial charge in [0.05, 0.1) is 6.61 Å². The number of hydrogen-bond acceptors (Lipinski definition) is 5. The fourth-order valence-corrected chi connectivity index (χ4v) is 2.07. The van der Waals surface area contributed by atoms with E-state index in [2.05, 4.69) is 4.18 Å². The third-order valence-electron chi connectivity index (χ3n) is 1.60. The van der Waals surface area contributed by atoms with Gasteiger partial charge in [-0.15, -0.1) is 0 Å². The van der Waals surface area contributed by atoms with Gasteiger partial charge in [-0.3, -0.25) is 4.18 Å². The molecule has 15 heavy (non-hydrogen) atoms. The van der Waals surface area contributed by atoms with E-state index in [0.29, 0.717) is 10.7 Å². The molecule has 7 heteroatoms. The molecular formula is C8H15NO5S. The molecule has 1 saturated heterocycles. The predicted molar refractivity (Wildman–Crippen MR) is 52.4 cm³/mol. The molecular weight excluding hydrogens is 222 g/mol. The Kier molecular flexibility index (Phi) is 3.25. The van der Waals surface area contributed by atoms with Crippen LogP contribution in [-0.2, 0) is 19.2 Å². The van der Waals surface area contributed by atoms with Gasteiger partial charge in [0, 0.05) is 6.54 Å². The van der Waals surface area contributed by atoms with E-state index >= 15 is 0 Å². The maximum atomic E-state index is 11.5. The summed E-state index contributed by atoms with van der Waals surface area (Å²) in [5, 5.41) is 0. The van der Waals surface area contributed by atoms with E-state index in [1.165, 1.54) is 0 Å². The van der Waals surface area contributed by atoms with E-state index in [0.717, 1.165) is 0 Å². The first-order valence-electron chi connectivity index (χ1n) is 4.62. The highest BCUT2D eigenvalue weighted by Crippen LogP contribution is 2.16.